The fourth-order valence-corrected chi connectivity index (χ4v) is 2.61. The van der Waals surface area contributed by atoms with Crippen LogP contribution in [0.25, 0.3) is 0 Å². The molecule has 5 heteroatoms. The fourth-order valence-electron chi connectivity index (χ4n) is 2.61. The van der Waals surface area contributed by atoms with Crippen molar-refractivity contribution < 1.29 is 4.74 Å². The van der Waals surface area contributed by atoms with Gasteiger partial charge in [-0.15, -0.1) is 0 Å². The van der Waals surface area contributed by atoms with Crippen LogP contribution < -0.4 is 10.2 Å². The molecule has 0 aliphatic carbocycles. The van der Waals surface area contributed by atoms with Crippen LogP contribution in [0.15, 0.2) is 6.20 Å². The Kier molecular flexibility index (Phi) is 5.22. The second-order valence-corrected chi connectivity index (χ2v) is 5.15. The van der Waals surface area contributed by atoms with Crippen molar-refractivity contribution in [3.05, 3.63) is 11.9 Å². The van der Waals surface area contributed by atoms with E-state index >= 15 is 0 Å². The molecule has 0 radical (unpaired) electrons. The third-order valence-electron chi connectivity index (χ3n) is 3.65. The molecule has 1 atom stereocenters. The van der Waals surface area contributed by atoms with E-state index in [1.165, 1.54) is 6.42 Å². The van der Waals surface area contributed by atoms with Crippen molar-refractivity contribution in [2.75, 3.05) is 38.3 Å². The van der Waals surface area contributed by atoms with E-state index < -0.39 is 0 Å². The number of anilines is 1. The highest BCUT2D eigenvalue weighted by atomic mass is 16.5. The van der Waals surface area contributed by atoms with Gasteiger partial charge in [0.25, 0.3) is 0 Å². The number of likely N-dealkylation sites (N-methyl/N-ethyl adjacent to an activating group) is 1. The first kappa shape index (κ1) is 14.3. The number of rotatable bonds is 7. The van der Waals surface area contributed by atoms with Crippen molar-refractivity contribution in [2.45, 2.75) is 39.3 Å². The van der Waals surface area contributed by atoms with Gasteiger partial charge in [0.2, 0.25) is 5.95 Å². The van der Waals surface area contributed by atoms with Gasteiger partial charge in [-0.25, -0.2) is 4.98 Å². The summed E-state index contributed by atoms with van der Waals surface area (Å²) in [5.74, 6) is 1.12. The number of hydrogen-bond donors (Lipinski definition) is 1. The molecular formula is C14H26N4O. The molecule has 0 spiro atoms. The average Bonchev–Trinajstić information content (AvgIpc) is 3.01. The molecule has 0 saturated carbocycles. The maximum atomic E-state index is 5.40. The third-order valence-corrected chi connectivity index (χ3v) is 3.65. The topological polar surface area (TPSA) is 42.3 Å². The van der Waals surface area contributed by atoms with Gasteiger partial charge in [0, 0.05) is 45.1 Å². The van der Waals surface area contributed by atoms with Crippen molar-refractivity contribution in [2.24, 2.45) is 0 Å². The summed E-state index contributed by atoms with van der Waals surface area (Å²) >= 11 is 0. The second-order valence-electron chi connectivity index (χ2n) is 5.15. The summed E-state index contributed by atoms with van der Waals surface area (Å²) < 4.78 is 7.67. The summed E-state index contributed by atoms with van der Waals surface area (Å²) in [6.45, 7) is 8.85. The summed E-state index contributed by atoms with van der Waals surface area (Å²) in [6, 6.07) is 0.592. The van der Waals surface area contributed by atoms with Crippen LogP contribution in [0.5, 0.6) is 0 Å². The van der Waals surface area contributed by atoms with E-state index in [-0.39, 0.29) is 0 Å². The molecule has 19 heavy (non-hydrogen) atoms. The SMILES string of the molecule is CCOCCCn1cc(C)nc1N1CCC(NC)C1. The van der Waals surface area contributed by atoms with Crippen molar-refractivity contribution >= 4 is 5.95 Å². The summed E-state index contributed by atoms with van der Waals surface area (Å²) in [7, 11) is 2.04. The Labute approximate surface area is 116 Å². The zero-order valence-corrected chi connectivity index (χ0v) is 12.4. The average molecular weight is 266 g/mol. The molecule has 1 aromatic rings. The largest absolute Gasteiger partial charge is 0.382 e. The number of nitrogens with zero attached hydrogens (tertiary/aromatic N) is 3. The molecule has 108 valence electrons. The van der Waals surface area contributed by atoms with E-state index in [9.17, 15) is 0 Å². The van der Waals surface area contributed by atoms with Gasteiger partial charge in [0.05, 0.1) is 5.69 Å². The molecule has 1 aliphatic heterocycles. The van der Waals surface area contributed by atoms with Gasteiger partial charge in [-0.3, -0.25) is 0 Å². The number of aryl methyl sites for hydroxylation is 2. The van der Waals surface area contributed by atoms with Gasteiger partial charge in [-0.1, -0.05) is 0 Å². The quantitative estimate of drug-likeness (QED) is 0.758. The summed E-state index contributed by atoms with van der Waals surface area (Å²) in [5, 5.41) is 3.35. The minimum atomic E-state index is 0.592. The molecule has 1 unspecified atom stereocenters. The normalized spacial score (nSPS) is 19.3. The Bertz CT molecular complexity index is 391. The molecule has 2 rings (SSSR count). The van der Waals surface area contributed by atoms with Crippen LogP contribution in [-0.2, 0) is 11.3 Å². The lowest BCUT2D eigenvalue weighted by atomic mass is 10.3. The van der Waals surface area contributed by atoms with Gasteiger partial charge in [-0.05, 0) is 33.7 Å². The third kappa shape index (κ3) is 3.70. The Morgan fingerprint density at radius 3 is 3.05 bits per heavy atom. The van der Waals surface area contributed by atoms with Crippen LogP contribution in [-0.4, -0.2) is 48.9 Å². The van der Waals surface area contributed by atoms with Crippen LogP contribution in [0.3, 0.4) is 0 Å². The van der Waals surface area contributed by atoms with Crippen LogP contribution >= 0.6 is 0 Å². The predicted octanol–water partition coefficient (Wildman–Crippen LogP) is 1.42. The molecule has 2 heterocycles. The van der Waals surface area contributed by atoms with Crippen molar-refractivity contribution in [1.29, 1.82) is 0 Å². The molecule has 1 N–H and O–H groups in total. The van der Waals surface area contributed by atoms with Gasteiger partial charge >= 0.3 is 0 Å². The molecule has 5 nitrogen and oxygen atoms in total. The zero-order valence-electron chi connectivity index (χ0n) is 12.4. The second kappa shape index (κ2) is 6.91. The monoisotopic (exact) mass is 266 g/mol. The Morgan fingerprint density at radius 1 is 1.53 bits per heavy atom. The molecule has 1 saturated heterocycles. The molecule has 0 aromatic carbocycles. The lowest BCUT2D eigenvalue weighted by molar-refractivity contribution is 0.141. The molecular weight excluding hydrogens is 240 g/mol. The fraction of sp³-hybridized carbons (Fsp3) is 0.786. The Morgan fingerprint density at radius 2 is 2.37 bits per heavy atom. The number of aromatic nitrogens is 2. The van der Waals surface area contributed by atoms with Crippen LogP contribution in [0.2, 0.25) is 0 Å². The van der Waals surface area contributed by atoms with Crippen LogP contribution in [0, 0.1) is 6.92 Å². The molecule has 1 aliphatic rings. The standard InChI is InChI=1S/C14H26N4O/c1-4-19-9-5-7-17-10-12(2)16-14(17)18-8-6-13(11-18)15-3/h10,13,15H,4-9,11H2,1-3H3. The van der Waals surface area contributed by atoms with Crippen molar-refractivity contribution in [3.8, 4) is 0 Å². The van der Waals surface area contributed by atoms with E-state index in [1.807, 2.05) is 14.0 Å². The molecule has 0 amide bonds. The van der Waals surface area contributed by atoms with E-state index in [2.05, 4.69) is 32.9 Å². The van der Waals surface area contributed by atoms with Crippen LogP contribution in [0.1, 0.15) is 25.5 Å². The first-order valence-electron chi connectivity index (χ1n) is 7.28. The van der Waals surface area contributed by atoms with Gasteiger partial charge in [0.15, 0.2) is 0 Å². The van der Waals surface area contributed by atoms with E-state index in [4.69, 9.17) is 4.74 Å². The lowest BCUT2D eigenvalue weighted by Crippen LogP contribution is -2.30. The smallest absolute Gasteiger partial charge is 0.205 e. The zero-order chi connectivity index (χ0) is 13.7. The predicted molar refractivity (Wildman–Crippen MR) is 77.8 cm³/mol. The number of imidazole rings is 1. The Balaban J connectivity index is 1.96. The lowest BCUT2D eigenvalue weighted by Gasteiger charge is -2.19. The van der Waals surface area contributed by atoms with Crippen molar-refractivity contribution in [1.82, 2.24) is 14.9 Å². The summed E-state index contributed by atoms with van der Waals surface area (Å²) in [5.41, 5.74) is 1.10. The maximum Gasteiger partial charge on any atom is 0.205 e. The first-order chi connectivity index (χ1) is 9.24. The molecule has 1 fully saturated rings. The highest BCUT2D eigenvalue weighted by Crippen LogP contribution is 2.20. The summed E-state index contributed by atoms with van der Waals surface area (Å²) in [4.78, 5) is 7.06. The van der Waals surface area contributed by atoms with E-state index in [0.717, 1.165) is 50.9 Å². The highest BCUT2D eigenvalue weighted by Gasteiger charge is 2.24. The van der Waals surface area contributed by atoms with E-state index in [1.54, 1.807) is 0 Å². The van der Waals surface area contributed by atoms with Crippen LogP contribution in [0.4, 0.5) is 5.95 Å². The minimum Gasteiger partial charge on any atom is -0.382 e. The highest BCUT2D eigenvalue weighted by molar-refractivity contribution is 5.35. The van der Waals surface area contributed by atoms with Gasteiger partial charge in [0.1, 0.15) is 0 Å². The first-order valence-corrected chi connectivity index (χ1v) is 7.28. The van der Waals surface area contributed by atoms with Crippen molar-refractivity contribution in [3.63, 3.8) is 0 Å². The number of nitrogens with one attached hydrogen (secondary N) is 1. The minimum absolute atomic E-state index is 0.592. The number of hydrogen-bond acceptors (Lipinski definition) is 4. The van der Waals surface area contributed by atoms with Gasteiger partial charge in [-0.2, -0.15) is 0 Å². The maximum absolute atomic E-state index is 5.40. The molecule has 0 bridgehead atoms. The Hall–Kier alpha value is -1.07. The van der Waals surface area contributed by atoms with Gasteiger partial charge < -0.3 is 19.5 Å². The molecule has 1 aromatic heterocycles. The van der Waals surface area contributed by atoms with E-state index in [0.29, 0.717) is 6.04 Å². The summed E-state index contributed by atoms with van der Waals surface area (Å²) in [6.07, 6.45) is 4.38. The number of ether oxygens (including phenoxy) is 1.